The highest BCUT2D eigenvalue weighted by Gasteiger charge is 2.14. The number of rotatable bonds is 11. The van der Waals surface area contributed by atoms with E-state index < -0.39 is 18.5 Å². The molecule has 2 aromatic carbocycles. The summed E-state index contributed by atoms with van der Waals surface area (Å²) in [6, 6.07) is 13.6. The van der Waals surface area contributed by atoms with Crippen LogP contribution in [0, 0.1) is 0 Å². The van der Waals surface area contributed by atoms with Crippen molar-refractivity contribution in [3.05, 3.63) is 65.2 Å². The minimum Gasteiger partial charge on any atom is -0.496 e. The number of hydrogen-bond donors (Lipinski definition) is 2. The molecule has 8 heteroatoms. The summed E-state index contributed by atoms with van der Waals surface area (Å²) in [6.07, 6.45) is 1.57. The van der Waals surface area contributed by atoms with E-state index in [2.05, 4.69) is 10.6 Å². The molecule has 0 bridgehead atoms. The molecule has 2 N–H and O–H groups in total. The van der Waals surface area contributed by atoms with E-state index >= 15 is 0 Å². The maximum atomic E-state index is 12.2. The van der Waals surface area contributed by atoms with Gasteiger partial charge >= 0.3 is 5.97 Å². The first kappa shape index (κ1) is 23.6. The van der Waals surface area contributed by atoms with Gasteiger partial charge in [0.1, 0.15) is 12.3 Å². The molecule has 0 unspecified atom stereocenters. The van der Waals surface area contributed by atoms with Crippen molar-refractivity contribution in [2.75, 3.05) is 26.8 Å². The van der Waals surface area contributed by atoms with Gasteiger partial charge in [-0.2, -0.15) is 0 Å². The fourth-order valence-electron chi connectivity index (χ4n) is 2.77. The van der Waals surface area contributed by atoms with Crippen LogP contribution >= 0.6 is 0 Å². The van der Waals surface area contributed by atoms with Crippen LogP contribution in [0.3, 0.4) is 0 Å². The molecular weight excluding hydrogens is 400 g/mol. The molecule has 0 aliphatic carbocycles. The van der Waals surface area contributed by atoms with Gasteiger partial charge in [0.2, 0.25) is 5.91 Å². The minimum absolute atomic E-state index is 0.0603. The minimum atomic E-state index is -0.716. The van der Waals surface area contributed by atoms with Crippen molar-refractivity contribution in [3.8, 4) is 5.75 Å². The Morgan fingerprint density at radius 2 is 1.65 bits per heavy atom. The van der Waals surface area contributed by atoms with E-state index in [1.54, 1.807) is 36.4 Å². The fraction of sp³-hybridized carbons (Fsp3) is 0.304. The highest BCUT2D eigenvalue weighted by atomic mass is 16.5. The van der Waals surface area contributed by atoms with Gasteiger partial charge in [0, 0.05) is 19.0 Å². The second-order valence-corrected chi connectivity index (χ2v) is 6.75. The zero-order valence-corrected chi connectivity index (χ0v) is 17.6. The molecule has 0 radical (unpaired) electrons. The van der Waals surface area contributed by atoms with E-state index in [-0.39, 0.29) is 18.2 Å². The van der Waals surface area contributed by atoms with Crippen LogP contribution in [0.4, 0.5) is 0 Å². The van der Waals surface area contributed by atoms with Crippen LogP contribution in [-0.2, 0) is 20.7 Å². The Morgan fingerprint density at radius 3 is 2.32 bits per heavy atom. The van der Waals surface area contributed by atoms with Crippen LogP contribution < -0.4 is 15.4 Å². The number of amides is 2. The van der Waals surface area contributed by atoms with Crippen molar-refractivity contribution < 1.29 is 28.7 Å². The molecule has 2 amide bonds. The monoisotopic (exact) mass is 426 g/mol. The van der Waals surface area contributed by atoms with Crippen molar-refractivity contribution in [2.45, 2.75) is 19.8 Å². The van der Waals surface area contributed by atoms with Gasteiger partial charge < -0.3 is 20.1 Å². The van der Waals surface area contributed by atoms with Crippen LogP contribution in [0.1, 0.15) is 39.6 Å². The molecule has 0 heterocycles. The number of hydrogen-bond acceptors (Lipinski definition) is 6. The van der Waals surface area contributed by atoms with Crippen molar-refractivity contribution in [2.24, 2.45) is 0 Å². The zero-order chi connectivity index (χ0) is 22.6. The first-order valence-corrected chi connectivity index (χ1v) is 9.84. The predicted molar refractivity (Wildman–Crippen MR) is 114 cm³/mol. The van der Waals surface area contributed by atoms with E-state index in [4.69, 9.17) is 9.47 Å². The molecule has 0 aliphatic rings. The lowest BCUT2D eigenvalue weighted by molar-refractivity contribution is -0.141. The van der Waals surface area contributed by atoms with Crippen LogP contribution in [0.2, 0.25) is 0 Å². The number of esters is 1. The number of carbonyl (C=O) groups excluding carboxylic acids is 4. The van der Waals surface area contributed by atoms with E-state index in [0.717, 1.165) is 18.4 Å². The summed E-state index contributed by atoms with van der Waals surface area (Å²) in [5.41, 5.74) is 1.76. The zero-order valence-electron chi connectivity index (χ0n) is 17.6. The van der Waals surface area contributed by atoms with Gasteiger partial charge in [-0.05, 0) is 30.5 Å². The molecule has 0 saturated carbocycles. The normalized spacial score (nSPS) is 10.1. The molecule has 2 aromatic rings. The summed E-state index contributed by atoms with van der Waals surface area (Å²) < 4.78 is 10.1. The smallest absolute Gasteiger partial charge is 0.325 e. The van der Waals surface area contributed by atoms with Gasteiger partial charge in [-0.1, -0.05) is 36.4 Å². The summed E-state index contributed by atoms with van der Waals surface area (Å²) in [6.45, 7) is 1.30. The number of benzene rings is 2. The topological polar surface area (TPSA) is 111 Å². The SMILES string of the molecule is COc1ccccc1C(=O)NCC(=O)OCC(=O)c1ccc(CCCNC(C)=O)cc1. The molecule has 0 saturated heterocycles. The van der Waals surface area contributed by atoms with Gasteiger partial charge in [-0.15, -0.1) is 0 Å². The van der Waals surface area contributed by atoms with E-state index in [9.17, 15) is 19.2 Å². The Labute approximate surface area is 180 Å². The third-order valence-electron chi connectivity index (χ3n) is 4.40. The molecule has 31 heavy (non-hydrogen) atoms. The molecule has 0 spiro atoms. The van der Waals surface area contributed by atoms with Gasteiger partial charge in [-0.25, -0.2) is 0 Å². The quantitative estimate of drug-likeness (QED) is 0.323. The molecule has 0 atom stereocenters. The number of methoxy groups -OCH3 is 1. The Hall–Kier alpha value is -3.68. The Balaban J connectivity index is 1.74. The van der Waals surface area contributed by atoms with Crippen LogP contribution in [0.15, 0.2) is 48.5 Å². The number of aryl methyl sites for hydroxylation is 1. The number of Topliss-reactive ketones (excluding diaryl/α,β-unsaturated/α-hetero) is 1. The molecule has 2 rings (SSSR count). The number of ether oxygens (including phenoxy) is 2. The maximum absolute atomic E-state index is 12.2. The maximum Gasteiger partial charge on any atom is 0.325 e. The summed E-state index contributed by atoms with van der Waals surface area (Å²) in [4.78, 5) is 47.1. The Morgan fingerprint density at radius 1 is 0.935 bits per heavy atom. The van der Waals surface area contributed by atoms with Crippen molar-refractivity contribution in [3.63, 3.8) is 0 Å². The second-order valence-electron chi connectivity index (χ2n) is 6.75. The van der Waals surface area contributed by atoms with Gasteiger partial charge in [0.05, 0.1) is 12.7 Å². The Kier molecular flexibility index (Phi) is 9.22. The number of ketones is 1. The largest absolute Gasteiger partial charge is 0.496 e. The molecule has 0 fully saturated rings. The molecule has 0 aromatic heterocycles. The third-order valence-corrected chi connectivity index (χ3v) is 4.40. The summed E-state index contributed by atoms with van der Waals surface area (Å²) in [7, 11) is 1.45. The fourth-order valence-corrected chi connectivity index (χ4v) is 2.77. The number of carbonyl (C=O) groups is 4. The lowest BCUT2D eigenvalue weighted by Gasteiger charge is -2.09. The molecule has 164 valence electrons. The van der Waals surface area contributed by atoms with E-state index in [1.807, 2.05) is 12.1 Å². The van der Waals surface area contributed by atoms with E-state index in [0.29, 0.717) is 23.4 Å². The Bertz CT molecular complexity index is 924. The van der Waals surface area contributed by atoms with Gasteiger partial charge in [0.25, 0.3) is 5.91 Å². The molecule has 0 aliphatic heterocycles. The summed E-state index contributed by atoms with van der Waals surface area (Å²) in [5, 5.41) is 5.18. The molecule has 8 nitrogen and oxygen atoms in total. The lowest BCUT2D eigenvalue weighted by Crippen LogP contribution is -2.31. The first-order chi connectivity index (χ1) is 14.9. The summed E-state index contributed by atoms with van der Waals surface area (Å²) >= 11 is 0. The van der Waals surface area contributed by atoms with Gasteiger partial charge in [-0.3, -0.25) is 19.2 Å². The van der Waals surface area contributed by atoms with Crippen molar-refractivity contribution in [1.82, 2.24) is 10.6 Å². The first-order valence-electron chi connectivity index (χ1n) is 9.84. The van der Waals surface area contributed by atoms with Crippen LogP contribution in [-0.4, -0.2) is 50.4 Å². The second kappa shape index (κ2) is 12.1. The lowest BCUT2D eigenvalue weighted by atomic mass is 10.1. The van der Waals surface area contributed by atoms with Crippen molar-refractivity contribution in [1.29, 1.82) is 0 Å². The van der Waals surface area contributed by atoms with E-state index in [1.165, 1.54) is 14.0 Å². The molecular formula is C23H26N2O6. The predicted octanol–water partition coefficient (Wildman–Crippen LogP) is 1.92. The number of nitrogens with one attached hydrogen (secondary N) is 2. The average Bonchev–Trinajstić information content (AvgIpc) is 2.78. The highest BCUT2D eigenvalue weighted by molar-refractivity contribution is 5.99. The standard InChI is InChI=1S/C23H26N2O6/c1-16(26)24-13-5-6-17-9-11-18(12-10-17)20(27)15-31-22(28)14-25-23(29)19-7-3-4-8-21(19)30-2/h3-4,7-12H,5-6,13-15H2,1-2H3,(H,24,26)(H,25,29). The van der Waals surface area contributed by atoms with Gasteiger partial charge in [0.15, 0.2) is 12.4 Å². The van der Waals surface area contributed by atoms with Crippen LogP contribution in [0.25, 0.3) is 0 Å². The average molecular weight is 426 g/mol. The third kappa shape index (κ3) is 7.93. The summed E-state index contributed by atoms with van der Waals surface area (Å²) in [5.74, 6) is -1.20. The number of para-hydroxylation sites is 1. The van der Waals surface area contributed by atoms with Crippen LogP contribution in [0.5, 0.6) is 5.75 Å². The highest BCUT2D eigenvalue weighted by Crippen LogP contribution is 2.16. The van der Waals surface area contributed by atoms with Crippen molar-refractivity contribution >= 4 is 23.6 Å².